The first-order chi connectivity index (χ1) is 39.4. The zero-order chi connectivity index (χ0) is 60.3. The van der Waals surface area contributed by atoms with Crippen molar-refractivity contribution in [1.82, 2.24) is 14.1 Å². The maximum Gasteiger partial charge on any atom is 0.268 e. The van der Waals surface area contributed by atoms with Crippen LogP contribution < -0.4 is 9.30 Å². The number of benzene rings is 8. The first kappa shape index (κ1) is 49.7. The molecule has 0 atom stereocenters. The third-order valence-corrected chi connectivity index (χ3v) is 15.2. The molecule has 0 aliphatic rings. The van der Waals surface area contributed by atoms with Gasteiger partial charge in [-0.2, -0.15) is 18.2 Å². The summed E-state index contributed by atoms with van der Waals surface area (Å²) < 4.78 is 58.4. The number of hydrogen-bond donors (Lipinski definition) is 0. The SMILES string of the molecule is [2H]c1c([2H])c([2H])c(-c2cc(-c3cc(C(C)(C)C)cc(C(C)(C)C)c3)c(-[n+]3[c-]n(-c4[c-]c(Oc5[c-]c6c(cc5)c5ccccc5n6-c5cc(C(C)(C)C)ccn5)ccc4)c4ccccc43)c(-c3cc(C(C)(C)C)cc(C(C)(C)C)c3)c2)c([2H])c1[2H].[Pt]. The van der Waals surface area contributed by atoms with Crippen LogP contribution in [0.2, 0.25) is 0 Å². The van der Waals surface area contributed by atoms with E-state index in [9.17, 15) is 2.74 Å². The summed E-state index contributed by atoms with van der Waals surface area (Å²) in [6.07, 6.45) is 5.75. The van der Waals surface area contributed by atoms with Crippen molar-refractivity contribution in [2.45, 2.75) is 131 Å². The van der Waals surface area contributed by atoms with Gasteiger partial charge in [0, 0.05) is 44.3 Å². The molecule has 0 N–H and O–H groups in total. The molecule has 11 aromatic rings. The molecule has 11 rings (SSSR count). The van der Waals surface area contributed by atoms with Crippen molar-refractivity contribution in [2.75, 3.05) is 0 Å². The zero-order valence-corrected chi connectivity index (χ0v) is 51.1. The molecular formula is C74H74N4OPt-2. The molecule has 408 valence electrons. The number of rotatable bonds is 8. The summed E-state index contributed by atoms with van der Waals surface area (Å²) in [7, 11) is 0. The quantitative estimate of drug-likeness (QED) is 0.112. The van der Waals surface area contributed by atoms with Crippen LogP contribution in [0.3, 0.4) is 0 Å². The van der Waals surface area contributed by atoms with Crippen molar-refractivity contribution in [3.05, 3.63) is 222 Å². The topological polar surface area (TPSA) is 35.9 Å². The molecule has 3 heterocycles. The van der Waals surface area contributed by atoms with E-state index in [4.69, 9.17) is 13.8 Å². The molecule has 0 saturated heterocycles. The van der Waals surface area contributed by atoms with Crippen molar-refractivity contribution in [3.8, 4) is 62.1 Å². The minimum atomic E-state index is -0.436. The third-order valence-electron chi connectivity index (χ3n) is 15.2. The molecule has 3 aromatic heterocycles. The Labute approximate surface area is 496 Å². The minimum absolute atomic E-state index is 0. The average molecular weight is 1240 g/mol. The Hall–Kier alpha value is -7.33. The van der Waals surface area contributed by atoms with Gasteiger partial charge in [0.2, 0.25) is 0 Å². The van der Waals surface area contributed by atoms with Crippen molar-refractivity contribution >= 4 is 32.8 Å². The monoisotopic (exact) mass is 1230 g/mol. The number of nitrogens with zero attached hydrogens (tertiary/aromatic N) is 4. The number of imidazole rings is 1. The molecule has 0 saturated carbocycles. The van der Waals surface area contributed by atoms with Crippen molar-refractivity contribution in [2.24, 2.45) is 0 Å². The predicted octanol–water partition coefficient (Wildman–Crippen LogP) is 19.1. The van der Waals surface area contributed by atoms with E-state index in [1.165, 1.54) is 5.56 Å². The molecule has 0 fully saturated rings. The number of ether oxygens (including phenoxy) is 1. The normalized spacial score (nSPS) is 13.5. The number of pyridine rings is 1. The van der Waals surface area contributed by atoms with Crippen LogP contribution in [0.15, 0.2) is 176 Å². The van der Waals surface area contributed by atoms with Crippen molar-refractivity contribution in [1.29, 1.82) is 0 Å². The van der Waals surface area contributed by atoms with Crippen molar-refractivity contribution < 1.29 is 37.2 Å². The van der Waals surface area contributed by atoms with E-state index in [0.717, 1.165) is 88.9 Å². The van der Waals surface area contributed by atoms with Crippen LogP contribution in [0.5, 0.6) is 11.5 Å². The van der Waals surface area contributed by atoms with Gasteiger partial charge in [0.15, 0.2) is 0 Å². The van der Waals surface area contributed by atoms with Gasteiger partial charge in [0.05, 0.1) is 23.6 Å². The number of para-hydroxylation sites is 3. The summed E-state index contributed by atoms with van der Waals surface area (Å²) in [5.41, 5.74) is 13.9. The molecule has 0 amide bonds. The average Bonchev–Trinajstić information content (AvgIpc) is 1.88. The Kier molecular flexibility index (Phi) is 12.8. The van der Waals surface area contributed by atoms with Gasteiger partial charge in [-0.15, -0.1) is 29.7 Å². The van der Waals surface area contributed by atoms with Crippen LogP contribution in [-0.4, -0.2) is 14.1 Å². The second-order valence-corrected chi connectivity index (χ2v) is 26.4. The van der Waals surface area contributed by atoms with Gasteiger partial charge in [-0.05, 0) is 130 Å². The van der Waals surface area contributed by atoms with Gasteiger partial charge in [0.25, 0.3) is 6.33 Å². The van der Waals surface area contributed by atoms with Crippen LogP contribution in [-0.2, 0) is 48.1 Å². The molecule has 0 bridgehead atoms. The van der Waals surface area contributed by atoms with Crippen LogP contribution in [0, 0.1) is 18.5 Å². The Morgan fingerprint density at radius 2 is 1.01 bits per heavy atom. The van der Waals surface area contributed by atoms with E-state index in [-0.39, 0.29) is 77.9 Å². The van der Waals surface area contributed by atoms with E-state index in [1.54, 1.807) is 0 Å². The first-order valence-corrected chi connectivity index (χ1v) is 27.5. The van der Waals surface area contributed by atoms with Crippen LogP contribution >= 0.6 is 0 Å². The number of hydrogen-bond acceptors (Lipinski definition) is 2. The van der Waals surface area contributed by atoms with Crippen LogP contribution in [0.1, 0.15) is 139 Å². The zero-order valence-electron chi connectivity index (χ0n) is 53.9. The fourth-order valence-electron chi connectivity index (χ4n) is 10.5. The Morgan fingerprint density at radius 3 is 1.59 bits per heavy atom. The fourth-order valence-corrected chi connectivity index (χ4v) is 10.5. The molecule has 0 aliphatic heterocycles. The van der Waals surface area contributed by atoms with Gasteiger partial charge in [-0.1, -0.05) is 218 Å². The van der Waals surface area contributed by atoms with E-state index >= 15 is 0 Å². The molecule has 0 aliphatic carbocycles. The summed E-state index contributed by atoms with van der Waals surface area (Å²) in [6, 6.07) is 54.0. The van der Waals surface area contributed by atoms with Gasteiger partial charge in [0.1, 0.15) is 5.82 Å². The van der Waals surface area contributed by atoms with Crippen molar-refractivity contribution in [3.63, 3.8) is 0 Å². The predicted molar refractivity (Wildman–Crippen MR) is 330 cm³/mol. The molecule has 5 nitrogen and oxygen atoms in total. The van der Waals surface area contributed by atoms with E-state index in [1.807, 2.05) is 59.3 Å². The van der Waals surface area contributed by atoms with E-state index < -0.39 is 6.04 Å². The molecule has 80 heavy (non-hydrogen) atoms. The summed E-state index contributed by atoms with van der Waals surface area (Å²) >= 11 is 0. The molecule has 0 radical (unpaired) electrons. The van der Waals surface area contributed by atoms with Gasteiger partial charge in [-0.3, -0.25) is 4.57 Å². The fraction of sp³-hybridized carbons (Fsp3) is 0.270. The first-order valence-electron chi connectivity index (χ1n) is 30.0. The number of fused-ring (bicyclic) bond motifs is 4. The second kappa shape index (κ2) is 20.6. The smallest absolute Gasteiger partial charge is 0.268 e. The maximum absolute atomic E-state index is 9.42. The van der Waals surface area contributed by atoms with Crippen LogP contribution in [0.4, 0.5) is 0 Å². The Bertz CT molecular complexity index is 4250. The molecule has 0 spiro atoms. The largest absolute Gasteiger partial charge is 0.510 e. The maximum atomic E-state index is 9.42. The minimum Gasteiger partial charge on any atom is -0.510 e. The summed E-state index contributed by atoms with van der Waals surface area (Å²) in [6.45, 7) is 33.4. The Morgan fingerprint density at radius 1 is 0.475 bits per heavy atom. The molecular weight excluding hydrogens is 1160 g/mol. The molecule has 8 aromatic carbocycles. The van der Waals surface area contributed by atoms with Gasteiger partial charge in [-0.25, -0.2) is 4.98 Å². The van der Waals surface area contributed by atoms with Gasteiger partial charge >= 0.3 is 0 Å². The summed E-state index contributed by atoms with van der Waals surface area (Å²) in [5, 5.41) is 2.13. The summed E-state index contributed by atoms with van der Waals surface area (Å²) in [4.78, 5) is 4.89. The molecule has 6 heteroatoms. The van der Waals surface area contributed by atoms with E-state index in [0.29, 0.717) is 22.7 Å². The summed E-state index contributed by atoms with van der Waals surface area (Å²) in [5.74, 6) is 1.82. The van der Waals surface area contributed by atoms with E-state index in [2.05, 4.69) is 222 Å². The van der Waals surface area contributed by atoms with Gasteiger partial charge < -0.3 is 13.9 Å². The third kappa shape index (κ3) is 10.9. The second-order valence-electron chi connectivity index (χ2n) is 26.4. The standard InChI is InChI=1S/C74H74N4O.Pt/c1-70(2,3)52-34-35-75-68(44-52)78-64-29-20-19-28-60(64)61-33-32-59(46-67(61)78)79-58-27-23-26-57(45-58)76-47-77(66-31-22-21-30-65(66)76)69-62(50-36-53(71(4,5)6)42-54(37-50)72(7,8)9)40-49(48-24-17-16-18-25-48)41-63(69)51-38-55(73(10,11)12)43-56(39-51)74(13,14)15;/h16-44H,1-15H3;/q-2;/i16D,17D,18D,24D,25D;. The Balaban J connectivity index is 0.00000803. The molecule has 0 unspecified atom stereocenters. The number of aromatic nitrogens is 4. The van der Waals surface area contributed by atoms with Crippen LogP contribution in [0.25, 0.3) is 83.4 Å².